The Balaban J connectivity index is 1.34. The smallest absolute Gasteiger partial charge is 0.335 e. The van der Waals surface area contributed by atoms with Crippen molar-refractivity contribution in [2.75, 3.05) is 12.3 Å². The van der Waals surface area contributed by atoms with Crippen LogP contribution >= 0.6 is 35.0 Å². The van der Waals surface area contributed by atoms with E-state index in [2.05, 4.69) is 4.72 Å². The van der Waals surface area contributed by atoms with Crippen LogP contribution in [0.25, 0.3) is 23.1 Å². The molecule has 2 N–H and O–H groups in total. The average molecular weight is 664 g/mol. The number of hydrogen-bond donors (Lipinski definition) is 2. The lowest BCUT2D eigenvalue weighted by molar-refractivity contribution is 0.0697. The van der Waals surface area contributed by atoms with Gasteiger partial charge in [0.1, 0.15) is 0 Å². The third-order valence-electron chi connectivity index (χ3n) is 6.90. The second kappa shape index (κ2) is 14.4. The Hall–Kier alpha value is -3.66. The molecular weight excluding hydrogens is 635 g/mol. The van der Waals surface area contributed by atoms with Crippen LogP contribution in [0, 0.1) is 0 Å². The van der Waals surface area contributed by atoms with Crippen molar-refractivity contribution in [3.05, 3.63) is 141 Å². The van der Waals surface area contributed by atoms with Gasteiger partial charge in [0.15, 0.2) is 0 Å². The van der Waals surface area contributed by atoms with E-state index >= 15 is 0 Å². The van der Waals surface area contributed by atoms with E-state index in [-0.39, 0.29) is 22.3 Å². The molecule has 224 valence electrons. The highest BCUT2D eigenvalue weighted by Gasteiger charge is 2.19. The Kier molecular flexibility index (Phi) is 10.4. The van der Waals surface area contributed by atoms with Crippen LogP contribution in [0.3, 0.4) is 0 Å². The van der Waals surface area contributed by atoms with Gasteiger partial charge in [-0.3, -0.25) is 0 Å². The number of aryl methyl sites for hydroxylation is 1. The summed E-state index contributed by atoms with van der Waals surface area (Å²) in [4.78, 5) is 16.0. The summed E-state index contributed by atoms with van der Waals surface area (Å²) in [7, 11) is -3.76. The number of benzene rings is 4. The van der Waals surface area contributed by atoms with Crippen molar-refractivity contribution in [2.45, 2.75) is 16.6 Å². The lowest BCUT2D eigenvalue weighted by Gasteiger charge is -2.19. The lowest BCUT2D eigenvalue weighted by Crippen LogP contribution is -2.28. The number of carbonyl (C=O) groups is 1. The molecule has 0 aliphatic carbocycles. The van der Waals surface area contributed by atoms with Gasteiger partial charge in [-0.15, -0.1) is 0 Å². The van der Waals surface area contributed by atoms with Crippen LogP contribution < -0.4 is 4.72 Å². The van der Waals surface area contributed by atoms with Crippen LogP contribution in [0.2, 0.25) is 10.0 Å². The van der Waals surface area contributed by atoms with Crippen molar-refractivity contribution in [2.24, 2.45) is 0 Å². The minimum Gasteiger partial charge on any atom is -0.478 e. The van der Waals surface area contributed by atoms with Gasteiger partial charge >= 0.3 is 5.97 Å². The van der Waals surface area contributed by atoms with E-state index in [1.54, 1.807) is 36.0 Å². The third kappa shape index (κ3) is 8.49. The van der Waals surface area contributed by atoms with Gasteiger partial charge in [-0.1, -0.05) is 77.8 Å². The Labute approximate surface area is 270 Å². The van der Waals surface area contributed by atoms with Crippen molar-refractivity contribution in [1.82, 2.24) is 9.71 Å². The molecule has 5 rings (SSSR count). The Bertz CT molecular complexity index is 1910. The van der Waals surface area contributed by atoms with Crippen molar-refractivity contribution in [3.8, 4) is 0 Å². The van der Waals surface area contributed by atoms with E-state index in [0.29, 0.717) is 22.2 Å². The second-order valence-electron chi connectivity index (χ2n) is 9.99. The SMILES string of the molecule is O=C(O)c1ccc(CCSC(CNS(=O)(=O)c2ccc(Cl)cc2)c2cccc(/C=C/c3ccc4ccc(Cl)cc4n3)c2)cc1. The molecule has 0 saturated heterocycles. The van der Waals surface area contributed by atoms with E-state index in [4.69, 9.17) is 33.3 Å². The molecule has 0 radical (unpaired) electrons. The van der Waals surface area contributed by atoms with E-state index in [9.17, 15) is 13.2 Å². The van der Waals surface area contributed by atoms with E-state index in [1.807, 2.05) is 78.9 Å². The van der Waals surface area contributed by atoms with Crippen LogP contribution in [0.15, 0.2) is 108 Å². The van der Waals surface area contributed by atoms with Gasteiger partial charge in [0.25, 0.3) is 0 Å². The van der Waals surface area contributed by atoms with Crippen LogP contribution in [-0.2, 0) is 16.4 Å². The molecule has 1 heterocycles. The number of hydrogen-bond acceptors (Lipinski definition) is 5. The molecule has 0 spiro atoms. The standard InChI is InChI=1S/C34H28Cl2N2O4S2/c35-28-12-16-31(17-13-28)44(41,42)37-22-33(43-19-18-23-4-7-26(8-5-23)34(39)40)27-3-1-2-24(20-27)6-14-30-15-10-25-9-11-29(36)21-32(25)38-30/h1-17,20-21,33,37H,18-19,22H2,(H,39,40)/b14-6+. The molecular formula is C34H28Cl2N2O4S2. The monoisotopic (exact) mass is 662 g/mol. The molecule has 4 aromatic carbocycles. The molecule has 0 bridgehead atoms. The zero-order valence-electron chi connectivity index (χ0n) is 23.4. The van der Waals surface area contributed by atoms with Crippen LogP contribution in [0.1, 0.15) is 38.0 Å². The minimum absolute atomic E-state index is 0.144. The molecule has 0 saturated carbocycles. The number of pyridine rings is 1. The number of aromatic carboxylic acids is 1. The Morgan fingerprint density at radius 2 is 1.61 bits per heavy atom. The molecule has 0 amide bonds. The topological polar surface area (TPSA) is 96.4 Å². The fourth-order valence-electron chi connectivity index (χ4n) is 4.53. The minimum atomic E-state index is -3.76. The van der Waals surface area contributed by atoms with Gasteiger partial charge in [-0.2, -0.15) is 11.8 Å². The zero-order valence-corrected chi connectivity index (χ0v) is 26.5. The number of sulfonamides is 1. The predicted octanol–water partition coefficient (Wildman–Crippen LogP) is 8.41. The van der Waals surface area contributed by atoms with Crippen LogP contribution in [-0.4, -0.2) is 36.8 Å². The van der Waals surface area contributed by atoms with Gasteiger partial charge in [-0.05, 0) is 89.5 Å². The number of rotatable bonds is 12. The highest BCUT2D eigenvalue weighted by molar-refractivity contribution is 7.99. The molecule has 6 nitrogen and oxygen atoms in total. The molecule has 1 aromatic heterocycles. The maximum Gasteiger partial charge on any atom is 0.335 e. The molecule has 5 aromatic rings. The molecule has 44 heavy (non-hydrogen) atoms. The van der Waals surface area contributed by atoms with E-state index in [1.165, 1.54) is 12.1 Å². The first-order valence-corrected chi connectivity index (χ1v) is 17.0. The number of fused-ring (bicyclic) bond motifs is 1. The number of thioether (sulfide) groups is 1. The summed E-state index contributed by atoms with van der Waals surface area (Å²) in [5.74, 6) is -0.266. The molecule has 10 heteroatoms. The van der Waals surface area contributed by atoms with Gasteiger partial charge in [0.05, 0.1) is 21.7 Å². The summed E-state index contributed by atoms with van der Waals surface area (Å²) in [5, 5.41) is 11.1. The van der Waals surface area contributed by atoms with Gasteiger partial charge in [-0.25, -0.2) is 22.9 Å². The van der Waals surface area contributed by atoms with Crippen molar-refractivity contribution in [3.63, 3.8) is 0 Å². The molecule has 0 aliphatic rings. The molecule has 0 fully saturated rings. The fraction of sp³-hybridized carbons (Fsp3) is 0.118. The fourth-order valence-corrected chi connectivity index (χ4v) is 7.16. The molecule has 1 atom stereocenters. The summed E-state index contributed by atoms with van der Waals surface area (Å²) in [6.07, 6.45) is 4.61. The van der Waals surface area contributed by atoms with E-state index < -0.39 is 16.0 Å². The summed E-state index contributed by atoms with van der Waals surface area (Å²) in [6.45, 7) is 0.174. The first-order chi connectivity index (χ1) is 21.2. The van der Waals surface area contributed by atoms with Crippen molar-refractivity contribution >= 4 is 74.0 Å². The predicted molar refractivity (Wildman–Crippen MR) is 181 cm³/mol. The van der Waals surface area contributed by atoms with Gasteiger partial charge in [0.2, 0.25) is 10.0 Å². The number of halogens is 2. The van der Waals surface area contributed by atoms with E-state index in [0.717, 1.165) is 33.3 Å². The number of nitrogens with one attached hydrogen (secondary N) is 1. The number of aromatic nitrogens is 1. The molecule has 0 aliphatic heterocycles. The normalized spacial score (nSPS) is 12.5. The Morgan fingerprint density at radius 1 is 0.886 bits per heavy atom. The van der Waals surface area contributed by atoms with Crippen LogP contribution in [0.5, 0.6) is 0 Å². The van der Waals surface area contributed by atoms with Crippen molar-refractivity contribution in [1.29, 1.82) is 0 Å². The highest BCUT2D eigenvalue weighted by atomic mass is 35.5. The first kappa shape index (κ1) is 31.8. The highest BCUT2D eigenvalue weighted by Crippen LogP contribution is 2.31. The molecule has 1 unspecified atom stereocenters. The average Bonchev–Trinajstić information content (AvgIpc) is 3.02. The summed E-state index contributed by atoms with van der Waals surface area (Å²) >= 11 is 13.7. The van der Waals surface area contributed by atoms with Gasteiger partial charge in [0, 0.05) is 27.2 Å². The largest absolute Gasteiger partial charge is 0.478 e. The van der Waals surface area contributed by atoms with Gasteiger partial charge < -0.3 is 5.11 Å². The summed E-state index contributed by atoms with van der Waals surface area (Å²) < 4.78 is 28.9. The lowest BCUT2D eigenvalue weighted by atomic mass is 10.1. The maximum absolute atomic E-state index is 13.1. The summed E-state index contributed by atoms with van der Waals surface area (Å²) in [6, 6.07) is 30.4. The number of carboxylic acid groups (broad SMARTS) is 1. The quantitative estimate of drug-likeness (QED) is 0.139. The Morgan fingerprint density at radius 3 is 2.36 bits per heavy atom. The van der Waals surface area contributed by atoms with Crippen molar-refractivity contribution < 1.29 is 18.3 Å². The number of nitrogens with zero attached hydrogens (tertiary/aromatic N) is 1. The van der Waals surface area contributed by atoms with Crippen LogP contribution in [0.4, 0.5) is 0 Å². The third-order valence-corrected chi connectivity index (χ3v) is 10.1. The second-order valence-corrected chi connectivity index (χ2v) is 13.9. The first-order valence-electron chi connectivity index (χ1n) is 13.7. The summed E-state index contributed by atoms with van der Waals surface area (Å²) in [5.41, 5.74) is 4.77. The number of carboxylic acids is 1. The maximum atomic E-state index is 13.1. The zero-order chi connectivity index (χ0) is 31.1.